The number of rotatable bonds is 7. The lowest BCUT2D eigenvalue weighted by Gasteiger charge is -2.15. The molecule has 5 heteroatoms. The summed E-state index contributed by atoms with van der Waals surface area (Å²) in [6, 6.07) is 17.3. The van der Waals surface area contributed by atoms with E-state index in [0.29, 0.717) is 25.1 Å². The molecule has 1 fully saturated rings. The van der Waals surface area contributed by atoms with Crippen LogP contribution in [0.1, 0.15) is 29.6 Å². The minimum atomic E-state index is -0.0931. The van der Waals surface area contributed by atoms with Crippen LogP contribution in [0.4, 0.5) is 11.4 Å². The van der Waals surface area contributed by atoms with E-state index in [9.17, 15) is 9.59 Å². The Hall–Kier alpha value is -2.82. The number of hydrogen-bond donors (Lipinski definition) is 2. The van der Waals surface area contributed by atoms with Gasteiger partial charge in [0.15, 0.2) is 0 Å². The molecule has 0 radical (unpaired) electrons. The first kappa shape index (κ1) is 17.0. The molecule has 1 aliphatic heterocycles. The van der Waals surface area contributed by atoms with Crippen molar-refractivity contribution in [2.45, 2.75) is 19.3 Å². The largest absolute Gasteiger partial charge is 0.356 e. The zero-order valence-electron chi connectivity index (χ0n) is 14.2. The first-order chi connectivity index (χ1) is 12.2. The Morgan fingerprint density at radius 3 is 2.60 bits per heavy atom. The van der Waals surface area contributed by atoms with Crippen molar-refractivity contribution in [1.82, 2.24) is 10.2 Å². The maximum absolute atomic E-state index is 12.3. The van der Waals surface area contributed by atoms with Crippen molar-refractivity contribution in [3.63, 3.8) is 0 Å². The Kier molecular flexibility index (Phi) is 5.67. The third kappa shape index (κ3) is 4.83. The van der Waals surface area contributed by atoms with Gasteiger partial charge in [0.1, 0.15) is 0 Å². The Labute approximate surface area is 148 Å². The number of amides is 2. The summed E-state index contributed by atoms with van der Waals surface area (Å²) in [5, 5.41) is 6.21. The molecule has 0 aromatic heterocycles. The van der Waals surface area contributed by atoms with E-state index >= 15 is 0 Å². The van der Waals surface area contributed by atoms with Crippen molar-refractivity contribution >= 4 is 23.2 Å². The van der Waals surface area contributed by atoms with Gasteiger partial charge < -0.3 is 15.5 Å². The first-order valence-electron chi connectivity index (χ1n) is 8.70. The van der Waals surface area contributed by atoms with Gasteiger partial charge in [-0.2, -0.15) is 0 Å². The average Bonchev–Trinajstić information content (AvgIpc) is 3.04. The van der Waals surface area contributed by atoms with E-state index < -0.39 is 0 Å². The van der Waals surface area contributed by atoms with Crippen LogP contribution in [0.3, 0.4) is 0 Å². The van der Waals surface area contributed by atoms with Crippen LogP contribution in [0, 0.1) is 0 Å². The van der Waals surface area contributed by atoms with Gasteiger partial charge in [-0.1, -0.05) is 24.3 Å². The molecule has 2 aromatic carbocycles. The van der Waals surface area contributed by atoms with E-state index in [1.165, 1.54) is 0 Å². The van der Waals surface area contributed by atoms with Crippen LogP contribution < -0.4 is 10.6 Å². The van der Waals surface area contributed by atoms with Gasteiger partial charge in [-0.15, -0.1) is 0 Å². The number of anilines is 2. The number of likely N-dealkylation sites (tertiary alicyclic amines) is 1. The van der Waals surface area contributed by atoms with E-state index in [4.69, 9.17) is 0 Å². The van der Waals surface area contributed by atoms with Crippen LogP contribution in [-0.2, 0) is 4.79 Å². The van der Waals surface area contributed by atoms with E-state index in [1.54, 1.807) is 6.07 Å². The number of hydrogen-bond acceptors (Lipinski definition) is 3. The second-order valence-electron chi connectivity index (χ2n) is 6.17. The minimum absolute atomic E-state index is 0.0931. The molecule has 0 saturated carbocycles. The lowest BCUT2D eigenvalue weighted by Crippen LogP contribution is -2.30. The standard InChI is InChI=1S/C20H23N3O2/c24-19-11-5-13-23(19)14-6-12-21-20(25)16-7-4-10-18(15-16)22-17-8-2-1-3-9-17/h1-4,7-10,15,22H,5-6,11-14H2,(H,21,25). The molecule has 0 bridgehead atoms. The molecule has 2 amide bonds. The maximum Gasteiger partial charge on any atom is 0.251 e. The van der Waals surface area contributed by atoms with E-state index in [2.05, 4.69) is 10.6 Å². The second kappa shape index (κ2) is 8.33. The number of carbonyl (C=O) groups is 2. The number of para-hydroxylation sites is 1. The summed E-state index contributed by atoms with van der Waals surface area (Å²) in [5.74, 6) is 0.135. The Bertz CT molecular complexity index is 731. The van der Waals surface area contributed by atoms with Crippen LogP contribution in [0.5, 0.6) is 0 Å². The Morgan fingerprint density at radius 2 is 1.84 bits per heavy atom. The number of carbonyl (C=O) groups excluding carboxylic acids is 2. The fourth-order valence-corrected chi connectivity index (χ4v) is 2.94. The maximum atomic E-state index is 12.3. The van der Waals surface area contributed by atoms with E-state index in [1.807, 2.05) is 53.4 Å². The van der Waals surface area contributed by atoms with Crippen molar-refractivity contribution < 1.29 is 9.59 Å². The van der Waals surface area contributed by atoms with Gasteiger partial charge in [0.05, 0.1) is 0 Å². The highest BCUT2D eigenvalue weighted by Gasteiger charge is 2.19. The van der Waals surface area contributed by atoms with Crippen molar-refractivity contribution in [2.75, 3.05) is 25.0 Å². The molecule has 0 aliphatic carbocycles. The third-order valence-corrected chi connectivity index (χ3v) is 4.25. The third-order valence-electron chi connectivity index (χ3n) is 4.25. The molecule has 3 rings (SSSR count). The zero-order chi connectivity index (χ0) is 17.5. The minimum Gasteiger partial charge on any atom is -0.356 e. The molecular formula is C20H23N3O2. The molecule has 1 saturated heterocycles. The number of benzene rings is 2. The Balaban J connectivity index is 1.48. The van der Waals surface area contributed by atoms with Gasteiger partial charge in [0.2, 0.25) is 5.91 Å². The lowest BCUT2D eigenvalue weighted by atomic mass is 10.1. The summed E-state index contributed by atoms with van der Waals surface area (Å²) in [6.45, 7) is 2.13. The van der Waals surface area contributed by atoms with Gasteiger partial charge in [-0.05, 0) is 43.2 Å². The predicted octanol–water partition coefficient (Wildman–Crippen LogP) is 3.17. The molecule has 0 spiro atoms. The van der Waals surface area contributed by atoms with Crippen LogP contribution in [0.25, 0.3) is 0 Å². The van der Waals surface area contributed by atoms with Crippen molar-refractivity contribution in [3.8, 4) is 0 Å². The van der Waals surface area contributed by atoms with Gasteiger partial charge >= 0.3 is 0 Å². The fourth-order valence-electron chi connectivity index (χ4n) is 2.94. The van der Waals surface area contributed by atoms with Crippen molar-refractivity contribution in [1.29, 1.82) is 0 Å². The van der Waals surface area contributed by atoms with Gasteiger partial charge in [0.25, 0.3) is 5.91 Å². The van der Waals surface area contributed by atoms with Crippen LogP contribution in [0.15, 0.2) is 54.6 Å². The topological polar surface area (TPSA) is 61.4 Å². The SMILES string of the molecule is O=C(NCCCN1CCCC1=O)c1cccc(Nc2ccccc2)c1. The fraction of sp³-hybridized carbons (Fsp3) is 0.300. The van der Waals surface area contributed by atoms with Crippen LogP contribution in [0.2, 0.25) is 0 Å². The molecule has 5 nitrogen and oxygen atoms in total. The monoisotopic (exact) mass is 337 g/mol. The molecular weight excluding hydrogens is 314 g/mol. The smallest absolute Gasteiger partial charge is 0.251 e. The zero-order valence-corrected chi connectivity index (χ0v) is 14.2. The lowest BCUT2D eigenvalue weighted by molar-refractivity contribution is -0.127. The second-order valence-corrected chi connectivity index (χ2v) is 6.17. The molecule has 25 heavy (non-hydrogen) atoms. The normalized spacial score (nSPS) is 13.8. The quantitative estimate of drug-likeness (QED) is 0.763. The highest BCUT2D eigenvalue weighted by molar-refractivity contribution is 5.95. The molecule has 1 aliphatic rings. The average molecular weight is 337 g/mol. The summed E-state index contributed by atoms with van der Waals surface area (Å²) < 4.78 is 0. The summed E-state index contributed by atoms with van der Waals surface area (Å²) in [4.78, 5) is 25.7. The number of nitrogens with zero attached hydrogens (tertiary/aromatic N) is 1. The van der Waals surface area contributed by atoms with Crippen LogP contribution >= 0.6 is 0 Å². The molecule has 1 heterocycles. The molecule has 130 valence electrons. The molecule has 2 N–H and O–H groups in total. The predicted molar refractivity (Wildman–Crippen MR) is 98.9 cm³/mol. The van der Waals surface area contributed by atoms with Crippen LogP contribution in [-0.4, -0.2) is 36.3 Å². The van der Waals surface area contributed by atoms with E-state index in [0.717, 1.165) is 30.8 Å². The van der Waals surface area contributed by atoms with Gasteiger partial charge in [-0.3, -0.25) is 9.59 Å². The summed E-state index contributed by atoms with van der Waals surface area (Å²) in [7, 11) is 0. The molecule has 2 aromatic rings. The highest BCUT2D eigenvalue weighted by Crippen LogP contribution is 2.17. The highest BCUT2D eigenvalue weighted by atomic mass is 16.2. The van der Waals surface area contributed by atoms with Crippen molar-refractivity contribution in [2.24, 2.45) is 0 Å². The van der Waals surface area contributed by atoms with Crippen molar-refractivity contribution in [3.05, 3.63) is 60.2 Å². The summed E-state index contributed by atoms with van der Waals surface area (Å²) in [5.41, 5.74) is 2.48. The number of nitrogens with one attached hydrogen (secondary N) is 2. The Morgan fingerprint density at radius 1 is 1.04 bits per heavy atom. The van der Waals surface area contributed by atoms with Gasteiger partial charge in [-0.25, -0.2) is 0 Å². The summed E-state index contributed by atoms with van der Waals surface area (Å²) in [6.07, 6.45) is 2.39. The molecule has 0 unspecified atom stereocenters. The first-order valence-corrected chi connectivity index (χ1v) is 8.70. The summed E-state index contributed by atoms with van der Waals surface area (Å²) >= 11 is 0. The molecule has 0 atom stereocenters. The van der Waals surface area contributed by atoms with Gasteiger partial charge in [0, 0.05) is 43.0 Å². The van der Waals surface area contributed by atoms with E-state index in [-0.39, 0.29) is 11.8 Å².